The Balaban J connectivity index is 1.77. The van der Waals surface area contributed by atoms with Gasteiger partial charge >= 0.3 is 0 Å². The number of hydrogen-bond donors (Lipinski definition) is 1. The number of aromatic nitrogens is 2. The minimum Gasteiger partial charge on any atom is -0.366 e. The molecule has 3 rings (SSSR count). The minimum atomic E-state index is -0.403. The highest BCUT2D eigenvalue weighted by atomic mass is 32.2. The van der Waals surface area contributed by atoms with Crippen LogP contribution in [0.3, 0.4) is 0 Å². The Bertz CT molecular complexity index is 848. The maximum atomic E-state index is 11.1. The summed E-state index contributed by atoms with van der Waals surface area (Å²) in [5.41, 5.74) is 10.5. The van der Waals surface area contributed by atoms with Crippen molar-refractivity contribution in [2.24, 2.45) is 5.73 Å². The summed E-state index contributed by atoms with van der Waals surface area (Å²) in [5, 5.41) is 0.943. The second-order valence-electron chi connectivity index (χ2n) is 5.78. The van der Waals surface area contributed by atoms with E-state index in [0.29, 0.717) is 5.56 Å². The Kier molecular flexibility index (Phi) is 4.71. The van der Waals surface area contributed by atoms with E-state index in [1.165, 1.54) is 11.1 Å². The molecule has 1 aromatic heterocycles. The van der Waals surface area contributed by atoms with Crippen LogP contribution < -0.4 is 5.73 Å². The van der Waals surface area contributed by atoms with Crippen molar-refractivity contribution in [2.45, 2.75) is 24.8 Å². The third-order valence-corrected chi connectivity index (χ3v) is 4.74. The number of rotatable bonds is 5. The minimum absolute atomic E-state index is 0.403. The quantitative estimate of drug-likeness (QED) is 0.719. The van der Waals surface area contributed by atoms with E-state index in [0.717, 1.165) is 22.2 Å². The number of aryl methyl sites for hydroxylation is 2. The lowest BCUT2D eigenvalue weighted by Gasteiger charge is -2.10. The first-order valence-electron chi connectivity index (χ1n) is 7.66. The number of primary amides is 1. The van der Waals surface area contributed by atoms with E-state index < -0.39 is 5.91 Å². The SMILES string of the molecule is Cc1cc(C)cc(-n2ccnc2SCc2ccc(C(N)=O)cc2)c1. The highest BCUT2D eigenvalue weighted by molar-refractivity contribution is 7.98. The van der Waals surface area contributed by atoms with Crippen molar-refractivity contribution < 1.29 is 4.79 Å². The number of hydrogen-bond acceptors (Lipinski definition) is 3. The number of amides is 1. The normalized spacial score (nSPS) is 10.8. The number of carbonyl (C=O) groups is 1. The van der Waals surface area contributed by atoms with Gasteiger partial charge in [0.2, 0.25) is 5.91 Å². The van der Waals surface area contributed by atoms with Crippen molar-refractivity contribution in [3.63, 3.8) is 0 Å². The molecule has 0 aliphatic carbocycles. The Morgan fingerprint density at radius 1 is 1.12 bits per heavy atom. The molecule has 0 spiro atoms. The zero-order valence-corrected chi connectivity index (χ0v) is 14.5. The summed E-state index contributed by atoms with van der Waals surface area (Å²) in [5.74, 6) is 0.375. The van der Waals surface area contributed by atoms with Gasteiger partial charge in [-0.3, -0.25) is 9.36 Å². The molecule has 3 aromatic rings. The topological polar surface area (TPSA) is 60.9 Å². The van der Waals surface area contributed by atoms with E-state index in [4.69, 9.17) is 5.73 Å². The van der Waals surface area contributed by atoms with Crippen LogP contribution in [0.5, 0.6) is 0 Å². The molecule has 0 fully saturated rings. The van der Waals surface area contributed by atoms with E-state index >= 15 is 0 Å². The fraction of sp³-hybridized carbons (Fsp3) is 0.158. The Labute approximate surface area is 145 Å². The van der Waals surface area contributed by atoms with Crippen LogP contribution in [-0.4, -0.2) is 15.5 Å². The Hall–Kier alpha value is -2.53. The second kappa shape index (κ2) is 6.93. The molecule has 0 aliphatic rings. The van der Waals surface area contributed by atoms with E-state index in [2.05, 4.69) is 41.6 Å². The van der Waals surface area contributed by atoms with Gasteiger partial charge in [-0.15, -0.1) is 0 Å². The van der Waals surface area contributed by atoms with Gasteiger partial charge in [-0.25, -0.2) is 4.98 Å². The summed E-state index contributed by atoms with van der Waals surface area (Å²) in [6.07, 6.45) is 3.79. The first-order valence-corrected chi connectivity index (χ1v) is 8.65. The third-order valence-electron chi connectivity index (χ3n) is 3.70. The first kappa shape index (κ1) is 16.3. The van der Waals surface area contributed by atoms with Gasteiger partial charge in [0.05, 0.1) is 0 Å². The van der Waals surface area contributed by atoms with Gasteiger partial charge in [-0.1, -0.05) is 30.0 Å². The van der Waals surface area contributed by atoms with E-state index in [-0.39, 0.29) is 0 Å². The van der Waals surface area contributed by atoms with Gasteiger partial charge in [-0.2, -0.15) is 0 Å². The summed E-state index contributed by atoms with van der Waals surface area (Å²) < 4.78 is 2.10. The molecule has 2 aromatic carbocycles. The highest BCUT2D eigenvalue weighted by Gasteiger charge is 2.08. The fourth-order valence-electron chi connectivity index (χ4n) is 2.60. The third kappa shape index (κ3) is 3.68. The molecule has 0 saturated carbocycles. The van der Waals surface area contributed by atoms with Crippen LogP contribution >= 0.6 is 11.8 Å². The van der Waals surface area contributed by atoms with E-state index in [9.17, 15) is 4.79 Å². The smallest absolute Gasteiger partial charge is 0.248 e. The van der Waals surface area contributed by atoms with Crippen LogP contribution in [0.25, 0.3) is 5.69 Å². The first-order chi connectivity index (χ1) is 11.5. The van der Waals surface area contributed by atoms with Crippen LogP contribution in [0.2, 0.25) is 0 Å². The zero-order valence-electron chi connectivity index (χ0n) is 13.7. The Morgan fingerprint density at radius 2 is 1.79 bits per heavy atom. The number of imidazole rings is 1. The molecule has 0 unspecified atom stereocenters. The van der Waals surface area contributed by atoms with E-state index in [1.54, 1.807) is 23.9 Å². The number of carbonyl (C=O) groups excluding carboxylic acids is 1. The number of benzene rings is 2. The monoisotopic (exact) mass is 337 g/mol. The molecule has 1 heterocycles. The maximum Gasteiger partial charge on any atom is 0.248 e. The highest BCUT2D eigenvalue weighted by Crippen LogP contribution is 2.25. The molecular formula is C19H19N3OS. The van der Waals surface area contributed by atoms with Crippen molar-refractivity contribution >= 4 is 17.7 Å². The molecule has 5 heteroatoms. The fourth-order valence-corrected chi connectivity index (χ4v) is 3.52. The van der Waals surface area contributed by atoms with Crippen molar-refractivity contribution in [1.29, 1.82) is 0 Å². The van der Waals surface area contributed by atoms with Crippen LogP contribution in [0, 0.1) is 13.8 Å². The molecular weight excluding hydrogens is 318 g/mol. The summed E-state index contributed by atoms with van der Waals surface area (Å²) in [4.78, 5) is 15.6. The molecule has 0 aliphatic heterocycles. The largest absolute Gasteiger partial charge is 0.366 e. The Morgan fingerprint density at radius 3 is 2.42 bits per heavy atom. The van der Waals surface area contributed by atoms with E-state index in [1.807, 2.05) is 24.5 Å². The van der Waals surface area contributed by atoms with Gasteiger partial charge in [0.15, 0.2) is 5.16 Å². The molecule has 0 bridgehead atoms. The lowest BCUT2D eigenvalue weighted by atomic mass is 10.1. The molecule has 1 amide bonds. The van der Waals surface area contributed by atoms with Crippen LogP contribution in [0.1, 0.15) is 27.0 Å². The summed E-state index contributed by atoms with van der Waals surface area (Å²) in [6.45, 7) is 4.20. The predicted octanol–water partition coefficient (Wildman–Crippen LogP) is 3.88. The molecule has 24 heavy (non-hydrogen) atoms. The van der Waals surface area contributed by atoms with Gasteiger partial charge in [0, 0.05) is 29.4 Å². The molecule has 0 saturated heterocycles. The van der Waals surface area contributed by atoms with Gasteiger partial charge in [0.1, 0.15) is 0 Å². The van der Waals surface area contributed by atoms with Gasteiger partial charge in [-0.05, 0) is 54.8 Å². The van der Waals surface area contributed by atoms with Crippen molar-refractivity contribution in [2.75, 3.05) is 0 Å². The summed E-state index contributed by atoms with van der Waals surface area (Å²) >= 11 is 1.66. The average molecular weight is 337 g/mol. The molecule has 4 nitrogen and oxygen atoms in total. The lowest BCUT2D eigenvalue weighted by molar-refractivity contribution is 0.100. The van der Waals surface area contributed by atoms with Gasteiger partial charge in [0.25, 0.3) is 0 Å². The lowest BCUT2D eigenvalue weighted by Crippen LogP contribution is -2.10. The molecule has 0 atom stereocenters. The average Bonchev–Trinajstić information content (AvgIpc) is 3.01. The number of nitrogens with zero attached hydrogens (tertiary/aromatic N) is 2. The van der Waals surface area contributed by atoms with Crippen molar-refractivity contribution in [1.82, 2.24) is 9.55 Å². The molecule has 0 radical (unpaired) electrons. The van der Waals surface area contributed by atoms with Gasteiger partial charge < -0.3 is 5.73 Å². The summed E-state index contributed by atoms with van der Waals surface area (Å²) in [6, 6.07) is 13.8. The zero-order chi connectivity index (χ0) is 17.1. The van der Waals surface area contributed by atoms with Crippen LogP contribution in [-0.2, 0) is 5.75 Å². The van der Waals surface area contributed by atoms with Crippen LogP contribution in [0.15, 0.2) is 60.0 Å². The number of thioether (sulfide) groups is 1. The number of nitrogens with two attached hydrogens (primary N) is 1. The predicted molar refractivity (Wildman–Crippen MR) is 97.6 cm³/mol. The standard InChI is InChI=1S/C19H19N3OS/c1-13-9-14(2)11-17(10-13)22-8-7-21-19(22)24-12-15-3-5-16(6-4-15)18(20)23/h3-11H,12H2,1-2H3,(H2,20,23). The molecule has 122 valence electrons. The van der Waals surface area contributed by atoms with Crippen molar-refractivity contribution in [3.8, 4) is 5.69 Å². The van der Waals surface area contributed by atoms with Crippen LogP contribution in [0.4, 0.5) is 0 Å². The maximum absolute atomic E-state index is 11.1. The second-order valence-corrected chi connectivity index (χ2v) is 6.72. The van der Waals surface area contributed by atoms with Crippen molar-refractivity contribution in [3.05, 3.63) is 77.1 Å². The summed E-state index contributed by atoms with van der Waals surface area (Å²) in [7, 11) is 0. The molecule has 2 N–H and O–H groups in total.